The van der Waals surface area contributed by atoms with E-state index in [0.29, 0.717) is 64.3 Å². The van der Waals surface area contributed by atoms with Gasteiger partial charge in [-0.1, -0.05) is 6.07 Å². The number of halogens is 3. The zero-order valence-electron chi connectivity index (χ0n) is 17.9. The third kappa shape index (κ3) is 8.02. The maximum atomic E-state index is 13.7. The van der Waals surface area contributed by atoms with Gasteiger partial charge in [-0.15, -0.1) is 0 Å². The van der Waals surface area contributed by atoms with Crippen LogP contribution in [-0.2, 0) is 22.2 Å². The summed E-state index contributed by atoms with van der Waals surface area (Å²) in [6.07, 6.45) is -2.62. The Morgan fingerprint density at radius 3 is 2.60 bits per heavy atom. The SMILES string of the molecule is CCNC(=NCc1ccc(N2CCOCC2)cc1C(F)(F)F)NCCCCOCC. The quantitative estimate of drug-likeness (QED) is 0.339. The first-order valence-electron chi connectivity index (χ1n) is 10.6. The molecule has 0 radical (unpaired) electrons. The fourth-order valence-electron chi connectivity index (χ4n) is 3.17. The minimum Gasteiger partial charge on any atom is -0.382 e. The van der Waals surface area contributed by atoms with E-state index in [1.165, 1.54) is 12.1 Å². The molecule has 1 aromatic rings. The molecule has 1 heterocycles. The molecule has 170 valence electrons. The van der Waals surface area contributed by atoms with Crippen molar-refractivity contribution in [2.75, 3.05) is 57.5 Å². The smallest absolute Gasteiger partial charge is 0.382 e. The van der Waals surface area contributed by atoms with Crippen molar-refractivity contribution in [2.45, 2.75) is 39.4 Å². The zero-order valence-corrected chi connectivity index (χ0v) is 17.9. The first kappa shape index (κ1) is 24.3. The standard InChI is InChI=1S/C21H33F3N4O2/c1-3-25-20(26-9-5-6-12-29-4-2)27-16-17-7-8-18(15-19(17)21(22,23)24)28-10-13-30-14-11-28/h7-8,15H,3-6,9-14,16H2,1-2H3,(H2,25,26,27). The molecular weight excluding hydrogens is 397 g/mol. The monoisotopic (exact) mass is 430 g/mol. The average molecular weight is 431 g/mol. The second kappa shape index (κ2) is 12.6. The highest BCUT2D eigenvalue weighted by Crippen LogP contribution is 2.35. The van der Waals surface area contributed by atoms with E-state index in [1.54, 1.807) is 6.07 Å². The van der Waals surface area contributed by atoms with E-state index >= 15 is 0 Å². The van der Waals surface area contributed by atoms with Crippen LogP contribution in [0.1, 0.15) is 37.8 Å². The van der Waals surface area contributed by atoms with E-state index in [9.17, 15) is 13.2 Å². The number of ether oxygens (including phenoxy) is 2. The Morgan fingerprint density at radius 1 is 1.17 bits per heavy atom. The van der Waals surface area contributed by atoms with Crippen LogP contribution in [0.4, 0.5) is 18.9 Å². The Kier molecular flexibility index (Phi) is 10.2. The summed E-state index contributed by atoms with van der Waals surface area (Å²) in [5.74, 6) is 0.513. The van der Waals surface area contributed by atoms with Crippen LogP contribution in [0.3, 0.4) is 0 Å². The molecule has 2 N–H and O–H groups in total. The van der Waals surface area contributed by atoms with Crippen LogP contribution in [0.25, 0.3) is 0 Å². The molecule has 0 amide bonds. The highest BCUT2D eigenvalue weighted by atomic mass is 19.4. The molecule has 0 spiro atoms. The van der Waals surface area contributed by atoms with Gasteiger partial charge in [0.15, 0.2) is 5.96 Å². The van der Waals surface area contributed by atoms with Crippen LogP contribution >= 0.6 is 0 Å². The molecule has 1 fully saturated rings. The van der Waals surface area contributed by atoms with Gasteiger partial charge >= 0.3 is 6.18 Å². The van der Waals surface area contributed by atoms with Gasteiger partial charge in [0, 0.05) is 45.1 Å². The number of hydrogen-bond donors (Lipinski definition) is 2. The minimum absolute atomic E-state index is 0.0491. The zero-order chi connectivity index (χ0) is 21.8. The fourth-order valence-corrected chi connectivity index (χ4v) is 3.17. The normalized spacial score (nSPS) is 15.4. The van der Waals surface area contributed by atoms with Gasteiger partial charge in [-0.3, -0.25) is 0 Å². The molecule has 1 aromatic carbocycles. The first-order chi connectivity index (χ1) is 14.5. The maximum absolute atomic E-state index is 13.7. The molecule has 1 aliphatic rings. The van der Waals surface area contributed by atoms with E-state index in [0.717, 1.165) is 12.8 Å². The maximum Gasteiger partial charge on any atom is 0.416 e. The second-order valence-corrected chi connectivity index (χ2v) is 6.96. The highest BCUT2D eigenvalue weighted by molar-refractivity contribution is 5.79. The minimum atomic E-state index is -4.43. The Labute approximate surface area is 176 Å². The Balaban J connectivity index is 2.05. The number of guanidine groups is 1. The molecule has 0 saturated carbocycles. The predicted molar refractivity (Wildman–Crippen MR) is 113 cm³/mol. The molecule has 2 rings (SSSR count). The number of benzene rings is 1. The fraction of sp³-hybridized carbons (Fsp3) is 0.667. The number of unbranched alkanes of at least 4 members (excludes halogenated alkanes) is 1. The molecule has 0 bridgehead atoms. The third-order valence-electron chi connectivity index (χ3n) is 4.74. The molecule has 0 aromatic heterocycles. The van der Waals surface area contributed by atoms with Crippen molar-refractivity contribution >= 4 is 11.6 Å². The summed E-state index contributed by atoms with van der Waals surface area (Å²) in [5, 5.41) is 6.25. The molecule has 30 heavy (non-hydrogen) atoms. The lowest BCUT2D eigenvalue weighted by Gasteiger charge is -2.29. The average Bonchev–Trinajstić information content (AvgIpc) is 2.74. The van der Waals surface area contributed by atoms with Gasteiger partial charge in [0.05, 0.1) is 25.3 Å². The van der Waals surface area contributed by atoms with Crippen LogP contribution in [0.15, 0.2) is 23.2 Å². The van der Waals surface area contributed by atoms with Gasteiger partial charge in [-0.05, 0) is 44.4 Å². The van der Waals surface area contributed by atoms with Gasteiger partial charge < -0.3 is 25.0 Å². The Bertz CT molecular complexity index is 662. The topological polar surface area (TPSA) is 58.1 Å². The molecule has 0 aliphatic carbocycles. The summed E-state index contributed by atoms with van der Waals surface area (Å²) >= 11 is 0. The van der Waals surface area contributed by atoms with Crippen LogP contribution in [0.5, 0.6) is 0 Å². The summed E-state index contributed by atoms with van der Waals surface area (Å²) in [6, 6.07) is 4.49. The summed E-state index contributed by atoms with van der Waals surface area (Å²) < 4.78 is 51.6. The summed E-state index contributed by atoms with van der Waals surface area (Å²) in [5.41, 5.74) is 0.0912. The Hall–Kier alpha value is -2.00. The van der Waals surface area contributed by atoms with Gasteiger partial charge in [-0.2, -0.15) is 13.2 Å². The number of anilines is 1. The van der Waals surface area contributed by atoms with E-state index in [4.69, 9.17) is 9.47 Å². The van der Waals surface area contributed by atoms with Gasteiger partial charge in [0.1, 0.15) is 0 Å². The van der Waals surface area contributed by atoms with Crippen molar-refractivity contribution in [1.82, 2.24) is 10.6 Å². The van der Waals surface area contributed by atoms with Gasteiger partial charge in [-0.25, -0.2) is 4.99 Å². The van der Waals surface area contributed by atoms with Crippen molar-refractivity contribution in [1.29, 1.82) is 0 Å². The second-order valence-electron chi connectivity index (χ2n) is 6.96. The molecule has 1 saturated heterocycles. The van der Waals surface area contributed by atoms with E-state index < -0.39 is 11.7 Å². The molecule has 6 nitrogen and oxygen atoms in total. The van der Waals surface area contributed by atoms with Crippen molar-refractivity contribution in [3.63, 3.8) is 0 Å². The van der Waals surface area contributed by atoms with Crippen molar-refractivity contribution < 1.29 is 22.6 Å². The van der Waals surface area contributed by atoms with E-state index in [-0.39, 0.29) is 12.1 Å². The highest BCUT2D eigenvalue weighted by Gasteiger charge is 2.34. The summed E-state index contributed by atoms with van der Waals surface area (Å²) in [4.78, 5) is 6.28. The number of rotatable bonds is 10. The number of nitrogens with one attached hydrogen (secondary N) is 2. The van der Waals surface area contributed by atoms with Crippen molar-refractivity contribution in [3.05, 3.63) is 29.3 Å². The van der Waals surface area contributed by atoms with Crippen LogP contribution < -0.4 is 15.5 Å². The van der Waals surface area contributed by atoms with E-state index in [1.807, 2.05) is 18.7 Å². The van der Waals surface area contributed by atoms with Gasteiger partial charge in [0.25, 0.3) is 0 Å². The number of nitrogens with zero attached hydrogens (tertiary/aromatic N) is 2. The van der Waals surface area contributed by atoms with Crippen LogP contribution in [0, 0.1) is 0 Å². The largest absolute Gasteiger partial charge is 0.416 e. The lowest BCUT2D eigenvalue weighted by Crippen LogP contribution is -2.38. The molecular formula is C21H33F3N4O2. The first-order valence-corrected chi connectivity index (χ1v) is 10.6. The van der Waals surface area contributed by atoms with Crippen LogP contribution in [-0.4, -0.2) is 58.6 Å². The molecule has 0 unspecified atom stereocenters. The molecule has 0 atom stereocenters. The van der Waals surface area contributed by atoms with Crippen molar-refractivity contribution in [3.8, 4) is 0 Å². The lowest BCUT2D eigenvalue weighted by molar-refractivity contribution is -0.138. The van der Waals surface area contributed by atoms with E-state index in [2.05, 4.69) is 15.6 Å². The third-order valence-corrected chi connectivity index (χ3v) is 4.74. The number of alkyl halides is 3. The Morgan fingerprint density at radius 2 is 1.93 bits per heavy atom. The van der Waals surface area contributed by atoms with Crippen molar-refractivity contribution in [2.24, 2.45) is 4.99 Å². The number of morpholine rings is 1. The summed E-state index contributed by atoms with van der Waals surface area (Å²) in [7, 11) is 0. The number of aliphatic imine (C=N–C) groups is 1. The molecule has 9 heteroatoms. The lowest BCUT2D eigenvalue weighted by atomic mass is 10.1. The summed E-state index contributed by atoms with van der Waals surface area (Å²) in [6.45, 7) is 8.77. The van der Waals surface area contributed by atoms with Crippen LogP contribution in [0.2, 0.25) is 0 Å². The van der Waals surface area contributed by atoms with Gasteiger partial charge in [0.2, 0.25) is 0 Å². The number of hydrogen-bond acceptors (Lipinski definition) is 4. The molecule has 1 aliphatic heterocycles. The predicted octanol–water partition coefficient (Wildman–Crippen LogP) is 3.41.